The van der Waals surface area contributed by atoms with Crippen LogP contribution in [0, 0.1) is 11.7 Å². The summed E-state index contributed by atoms with van der Waals surface area (Å²) in [6.45, 7) is 7.41. The van der Waals surface area contributed by atoms with E-state index < -0.39 is 24.3 Å². The second-order valence-electron chi connectivity index (χ2n) is 10.9. The molecule has 5 heterocycles. The molecule has 0 aliphatic carbocycles. The number of nitrogens with one attached hydrogen (secondary N) is 1. The van der Waals surface area contributed by atoms with Crippen LogP contribution in [0.15, 0.2) is 18.3 Å². The Balaban J connectivity index is 1.35. The van der Waals surface area contributed by atoms with Crippen LogP contribution in [-0.2, 0) is 14.2 Å². The number of carbonyl (C=O) groups is 1. The highest BCUT2D eigenvalue weighted by Crippen LogP contribution is 2.37. The van der Waals surface area contributed by atoms with E-state index in [0.29, 0.717) is 42.9 Å². The fourth-order valence-electron chi connectivity index (χ4n) is 6.02. The predicted molar refractivity (Wildman–Crippen MR) is 145 cm³/mol. The number of fused-ring (bicyclic) bond motifs is 3. The first-order valence-electron chi connectivity index (χ1n) is 13.4. The average Bonchev–Trinajstić information content (AvgIpc) is 3.68. The summed E-state index contributed by atoms with van der Waals surface area (Å²) in [5.74, 6) is 0.367. The molecular weight excluding hydrogens is 543 g/mol. The number of benzene rings is 1. The zero-order valence-corrected chi connectivity index (χ0v) is 23.4. The highest BCUT2D eigenvalue weighted by molar-refractivity contribution is 6.33. The van der Waals surface area contributed by atoms with Crippen LogP contribution >= 0.6 is 11.6 Å². The Labute approximate surface area is 235 Å². The largest absolute Gasteiger partial charge is 0.453 e. The van der Waals surface area contributed by atoms with E-state index in [9.17, 15) is 9.90 Å². The maximum atomic E-state index is 15.6. The smallest absolute Gasteiger partial charge is 0.409 e. The van der Waals surface area contributed by atoms with E-state index in [0.717, 1.165) is 5.82 Å². The molecule has 3 aromatic rings. The van der Waals surface area contributed by atoms with Crippen molar-refractivity contribution in [2.45, 2.75) is 63.7 Å². The van der Waals surface area contributed by atoms with Crippen molar-refractivity contribution >= 4 is 34.7 Å². The van der Waals surface area contributed by atoms with E-state index in [4.69, 9.17) is 30.8 Å². The quantitative estimate of drug-likeness (QED) is 0.466. The normalized spacial score (nSPS) is 28.1. The van der Waals surface area contributed by atoms with Gasteiger partial charge in [-0.15, -0.1) is 0 Å². The molecule has 3 saturated heterocycles. The van der Waals surface area contributed by atoms with Crippen LogP contribution in [0.2, 0.25) is 5.02 Å². The highest BCUT2D eigenvalue weighted by Gasteiger charge is 2.48. The zero-order chi connectivity index (χ0) is 28.3. The van der Waals surface area contributed by atoms with Crippen molar-refractivity contribution in [2.75, 3.05) is 32.1 Å². The standard InChI is InChI=1S/C27H32ClFN6O5/c1-12(2)35-18-8-15(7-17(29)22(18)31-24(35)14-5-6-34(10-14)27(37)38-4)21-16(28)9-30-26(33-21)32-20-13(3)19-11-39-25(40-19)23(20)36/h7-9,12-14,19-20,23,25,36H,5-6,10-11H2,1-4H3,(H,30,32,33)/t13-,14+,19+,20+,23-,25+/m0/s1. The van der Waals surface area contributed by atoms with Crippen LogP contribution in [0.25, 0.3) is 22.3 Å². The molecule has 214 valence electrons. The van der Waals surface area contributed by atoms with Gasteiger partial charge >= 0.3 is 6.09 Å². The lowest BCUT2D eigenvalue weighted by atomic mass is 9.90. The van der Waals surface area contributed by atoms with Gasteiger partial charge < -0.3 is 34.1 Å². The van der Waals surface area contributed by atoms with Gasteiger partial charge in [-0.25, -0.2) is 24.1 Å². The molecule has 3 aliphatic heterocycles. The van der Waals surface area contributed by atoms with Gasteiger partial charge in [-0.3, -0.25) is 0 Å². The molecule has 1 amide bonds. The van der Waals surface area contributed by atoms with E-state index in [-0.39, 0.29) is 46.6 Å². The second kappa shape index (κ2) is 10.4. The minimum atomic E-state index is -0.908. The van der Waals surface area contributed by atoms with E-state index in [1.54, 1.807) is 4.90 Å². The predicted octanol–water partition coefficient (Wildman–Crippen LogP) is 3.96. The number of aliphatic hydroxyl groups is 1. The van der Waals surface area contributed by atoms with E-state index >= 15 is 4.39 Å². The molecule has 3 fully saturated rings. The summed E-state index contributed by atoms with van der Waals surface area (Å²) in [5.41, 5.74) is 1.69. The summed E-state index contributed by atoms with van der Waals surface area (Å²) in [6.07, 6.45) is 0.0335. The van der Waals surface area contributed by atoms with E-state index in [1.165, 1.54) is 19.4 Å². The topological polar surface area (TPSA) is 124 Å². The molecule has 0 saturated carbocycles. The SMILES string of the molecule is COC(=O)N1CC[C@@H](c2nc3c(F)cc(-c4nc(N[C@@H]5[C@@H](C)[C@H]6CO[C@H](O6)[C@H]5O)ncc4Cl)cc3n2C(C)C)C1. The van der Waals surface area contributed by atoms with Crippen LogP contribution in [0.5, 0.6) is 0 Å². The monoisotopic (exact) mass is 574 g/mol. The van der Waals surface area contributed by atoms with Crippen molar-refractivity contribution in [3.8, 4) is 11.3 Å². The first-order valence-corrected chi connectivity index (χ1v) is 13.8. The number of halogens is 2. The first kappa shape index (κ1) is 27.1. The van der Waals surface area contributed by atoms with Gasteiger partial charge in [0.1, 0.15) is 17.4 Å². The minimum absolute atomic E-state index is 0.0194. The Morgan fingerprint density at radius 1 is 1.32 bits per heavy atom. The number of hydrogen-bond acceptors (Lipinski definition) is 9. The molecule has 1 aromatic carbocycles. The van der Waals surface area contributed by atoms with Crippen LogP contribution < -0.4 is 5.32 Å². The summed E-state index contributed by atoms with van der Waals surface area (Å²) in [4.78, 5) is 27.3. The van der Waals surface area contributed by atoms with Gasteiger partial charge in [0.2, 0.25) is 5.95 Å². The van der Waals surface area contributed by atoms with Crippen molar-refractivity contribution in [3.05, 3.63) is 35.0 Å². The molecule has 13 heteroatoms. The number of imidazole rings is 1. The number of aliphatic hydroxyl groups excluding tert-OH is 1. The first-order chi connectivity index (χ1) is 19.2. The molecule has 40 heavy (non-hydrogen) atoms. The number of aromatic nitrogens is 4. The third-order valence-corrected chi connectivity index (χ3v) is 8.40. The molecule has 0 unspecified atom stereocenters. The van der Waals surface area contributed by atoms with Crippen LogP contribution in [0.4, 0.5) is 15.1 Å². The molecule has 2 bridgehead atoms. The number of ether oxygens (including phenoxy) is 3. The summed E-state index contributed by atoms with van der Waals surface area (Å²) < 4.78 is 33.7. The van der Waals surface area contributed by atoms with Crippen LogP contribution in [0.3, 0.4) is 0 Å². The zero-order valence-electron chi connectivity index (χ0n) is 22.7. The third-order valence-electron chi connectivity index (χ3n) is 8.13. The molecule has 11 nitrogen and oxygen atoms in total. The molecule has 3 aliphatic rings. The lowest BCUT2D eigenvalue weighted by molar-refractivity contribution is -0.170. The van der Waals surface area contributed by atoms with Gasteiger partial charge in [0.25, 0.3) is 0 Å². The summed E-state index contributed by atoms with van der Waals surface area (Å²) >= 11 is 6.52. The molecule has 2 aromatic heterocycles. The van der Waals surface area contributed by atoms with Crippen molar-refractivity contribution in [1.82, 2.24) is 24.4 Å². The second-order valence-corrected chi connectivity index (χ2v) is 11.4. The fourth-order valence-corrected chi connectivity index (χ4v) is 6.22. The number of nitrogens with zero attached hydrogens (tertiary/aromatic N) is 5. The van der Waals surface area contributed by atoms with E-state index in [2.05, 4.69) is 15.3 Å². The van der Waals surface area contributed by atoms with Gasteiger partial charge in [-0.1, -0.05) is 18.5 Å². The van der Waals surface area contributed by atoms with Crippen molar-refractivity contribution in [2.24, 2.45) is 5.92 Å². The van der Waals surface area contributed by atoms with Gasteiger partial charge in [0.05, 0.1) is 48.3 Å². The Kier molecular flexibility index (Phi) is 7.06. The summed E-state index contributed by atoms with van der Waals surface area (Å²) in [6, 6.07) is 2.78. The Morgan fingerprint density at radius 3 is 2.88 bits per heavy atom. The summed E-state index contributed by atoms with van der Waals surface area (Å²) in [7, 11) is 1.36. The number of likely N-dealkylation sites (tertiary alicyclic amines) is 1. The molecule has 2 N–H and O–H groups in total. The number of methoxy groups -OCH3 is 1. The Bertz CT molecular complexity index is 1440. The van der Waals surface area contributed by atoms with Gasteiger partial charge in [-0.05, 0) is 32.4 Å². The average molecular weight is 575 g/mol. The molecule has 6 rings (SSSR count). The lowest BCUT2D eigenvalue weighted by Crippen LogP contribution is -2.53. The number of anilines is 1. The number of rotatable bonds is 5. The molecule has 0 radical (unpaired) electrons. The maximum Gasteiger partial charge on any atom is 0.409 e. The Hall–Kier alpha value is -3.06. The van der Waals surface area contributed by atoms with Crippen molar-refractivity contribution < 1.29 is 28.5 Å². The minimum Gasteiger partial charge on any atom is -0.453 e. The van der Waals surface area contributed by atoms with Crippen molar-refractivity contribution in [3.63, 3.8) is 0 Å². The van der Waals surface area contributed by atoms with Gasteiger partial charge in [-0.2, -0.15) is 0 Å². The molecule has 6 atom stereocenters. The highest BCUT2D eigenvalue weighted by atomic mass is 35.5. The van der Waals surface area contributed by atoms with Crippen molar-refractivity contribution in [1.29, 1.82) is 0 Å². The molecule has 0 spiro atoms. The van der Waals surface area contributed by atoms with Gasteiger partial charge in [0, 0.05) is 36.5 Å². The van der Waals surface area contributed by atoms with E-state index in [1.807, 2.05) is 31.4 Å². The lowest BCUT2D eigenvalue weighted by Gasteiger charge is -2.37. The number of hydrogen-bond donors (Lipinski definition) is 2. The van der Waals surface area contributed by atoms with Gasteiger partial charge in [0.15, 0.2) is 12.1 Å². The molecular formula is C27H32ClFN6O5. The number of carbonyl (C=O) groups excluding carboxylic acids is 1. The maximum absolute atomic E-state index is 15.6. The summed E-state index contributed by atoms with van der Waals surface area (Å²) in [5, 5.41) is 14.2. The van der Waals surface area contributed by atoms with Crippen LogP contribution in [-0.4, -0.2) is 87.0 Å². The van der Waals surface area contributed by atoms with Crippen LogP contribution in [0.1, 0.15) is 45.0 Å². The fraction of sp³-hybridized carbons (Fsp3) is 0.556. The Morgan fingerprint density at radius 2 is 2.12 bits per heavy atom. The third kappa shape index (κ3) is 4.56. The number of amides is 1.